The summed E-state index contributed by atoms with van der Waals surface area (Å²) < 4.78 is 5.39. The van der Waals surface area contributed by atoms with Crippen LogP contribution in [0.2, 0.25) is 0 Å². The van der Waals surface area contributed by atoms with Gasteiger partial charge < -0.3 is 21.0 Å². The highest BCUT2D eigenvalue weighted by Crippen LogP contribution is 1.98. The molecule has 0 aromatic heterocycles. The van der Waals surface area contributed by atoms with Crippen molar-refractivity contribution in [3.8, 4) is 0 Å². The van der Waals surface area contributed by atoms with E-state index in [0.29, 0.717) is 6.42 Å². The molecule has 0 heterocycles. The molecule has 5 heteroatoms. The Morgan fingerprint density at radius 3 is 2.67 bits per heavy atom. The van der Waals surface area contributed by atoms with Gasteiger partial charge in [-0.15, -0.1) is 0 Å². The smallest absolute Gasteiger partial charge is 0.140 e. The Morgan fingerprint density at radius 2 is 2.20 bits per heavy atom. The van der Waals surface area contributed by atoms with Crippen molar-refractivity contribution in [1.82, 2.24) is 5.32 Å². The van der Waals surface area contributed by atoms with Crippen molar-refractivity contribution in [3.63, 3.8) is 0 Å². The van der Waals surface area contributed by atoms with Crippen LogP contribution in [-0.4, -0.2) is 36.3 Å². The average Bonchev–Trinajstić information content (AvgIpc) is 2.24. The summed E-state index contributed by atoms with van der Waals surface area (Å²) in [6.07, 6.45) is 1.69. The van der Waals surface area contributed by atoms with Gasteiger partial charge in [0, 0.05) is 25.6 Å². The predicted molar refractivity (Wildman–Crippen MR) is 61.2 cm³/mol. The molecule has 90 valence electrons. The molecule has 0 spiro atoms. The first-order valence-electron chi connectivity index (χ1n) is 5.45. The van der Waals surface area contributed by atoms with Crippen molar-refractivity contribution in [2.75, 3.05) is 13.2 Å². The van der Waals surface area contributed by atoms with Gasteiger partial charge in [0.25, 0.3) is 0 Å². The van der Waals surface area contributed by atoms with Crippen LogP contribution in [0.4, 0.5) is 0 Å². The summed E-state index contributed by atoms with van der Waals surface area (Å²) in [5.74, 6) is 0.262. The lowest BCUT2D eigenvalue weighted by Crippen LogP contribution is -2.38. The highest BCUT2D eigenvalue weighted by molar-refractivity contribution is 5.80. The van der Waals surface area contributed by atoms with E-state index in [1.54, 1.807) is 0 Å². The molecule has 0 saturated carbocycles. The van der Waals surface area contributed by atoms with Crippen molar-refractivity contribution in [2.45, 2.75) is 45.8 Å². The van der Waals surface area contributed by atoms with E-state index in [4.69, 9.17) is 15.7 Å². The molecule has 4 N–H and O–H groups in total. The topological polar surface area (TPSA) is 79.9 Å². The maximum atomic E-state index is 8.45. The Bertz CT molecular complexity index is 186. The van der Waals surface area contributed by atoms with Crippen LogP contribution in [0, 0.1) is 0 Å². The number of oxime groups is 1. The van der Waals surface area contributed by atoms with E-state index < -0.39 is 0 Å². The van der Waals surface area contributed by atoms with E-state index in [0.717, 1.165) is 19.6 Å². The first-order chi connectivity index (χ1) is 7.13. The van der Waals surface area contributed by atoms with E-state index in [9.17, 15) is 0 Å². The second-order valence-corrected chi connectivity index (χ2v) is 3.57. The minimum absolute atomic E-state index is 0.191. The summed E-state index contributed by atoms with van der Waals surface area (Å²) >= 11 is 0. The molecule has 0 aromatic rings. The molecular weight excluding hydrogens is 194 g/mol. The van der Waals surface area contributed by atoms with Crippen LogP contribution >= 0.6 is 0 Å². The Morgan fingerprint density at radius 1 is 1.53 bits per heavy atom. The fraction of sp³-hybridized carbons (Fsp3) is 0.900. The van der Waals surface area contributed by atoms with Crippen molar-refractivity contribution in [1.29, 1.82) is 0 Å². The van der Waals surface area contributed by atoms with Gasteiger partial charge in [-0.2, -0.15) is 0 Å². The summed E-state index contributed by atoms with van der Waals surface area (Å²) in [5.41, 5.74) is 5.44. The normalized spacial score (nSPS) is 16.3. The zero-order chi connectivity index (χ0) is 11.7. The number of amidine groups is 1. The molecule has 0 rings (SSSR count). The van der Waals surface area contributed by atoms with Crippen molar-refractivity contribution >= 4 is 5.84 Å². The lowest BCUT2D eigenvalue weighted by atomic mass is 10.1. The van der Waals surface area contributed by atoms with Gasteiger partial charge in [-0.25, -0.2) is 0 Å². The SMILES string of the molecule is CCOC(C)CNC(CC)CC(N)=NO. The summed E-state index contributed by atoms with van der Waals surface area (Å²) in [6.45, 7) is 7.56. The van der Waals surface area contributed by atoms with Crippen LogP contribution in [0.25, 0.3) is 0 Å². The second kappa shape index (κ2) is 8.49. The second-order valence-electron chi connectivity index (χ2n) is 3.57. The van der Waals surface area contributed by atoms with E-state index in [1.807, 2.05) is 13.8 Å². The molecule has 0 aromatic carbocycles. The van der Waals surface area contributed by atoms with Gasteiger partial charge in [-0.3, -0.25) is 0 Å². The maximum Gasteiger partial charge on any atom is 0.140 e. The molecule has 0 radical (unpaired) electrons. The van der Waals surface area contributed by atoms with Gasteiger partial charge in [0.15, 0.2) is 0 Å². The minimum Gasteiger partial charge on any atom is -0.409 e. The van der Waals surface area contributed by atoms with Gasteiger partial charge in [0.2, 0.25) is 0 Å². The molecule has 0 aliphatic heterocycles. The van der Waals surface area contributed by atoms with Gasteiger partial charge in [0.1, 0.15) is 5.84 Å². The predicted octanol–water partition coefficient (Wildman–Crippen LogP) is 0.916. The number of ether oxygens (including phenoxy) is 1. The third-order valence-corrected chi connectivity index (χ3v) is 2.22. The van der Waals surface area contributed by atoms with E-state index in [-0.39, 0.29) is 18.0 Å². The van der Waals surface area contributed by atoms with E-state index in [2.05, 4.69) is 17.4 Å². The monoisotopic (exact) mass is 217 g/mol. The third-order valence-electron chi connectivity index (χ3n) is 2.22. The number of nitrogens with one attached hydrogen (secondary N) is 1. The van der Waals surface area contributed by atoms with Crippen LogP contribution in [0.3, 0.4) is 0 Å². The number of nitrogens with two attached hydrogens (primary N) is 1. The Labute approximate surface area is 91.7 Å². The summed E-state index contributed by atoms with van der Waals surface area (Å²) in [7, 11) is 0. The molecule has 0 fully saturated rings. The Balaban J connectivity index is 3.79. The van der Waals surface area contributed by atoms with Crippen LogP contribution in [0.5, 0.6) is 0 Å². The zero-order valence-corrected chi connectivity index (χ0v) is 9.86. The lowest BCUT2D eigenvalue weighted by molar-refractivity contribution is 0.0739. The molecule has 5 nitrogen and oxygen atoms in total. The third kappa shape index (κ3) is 7.16. The summed E-state index contributed by atoms with van der Waals surface area (Å²) in [4.78, 5) is 0. The first kappa shape index (κ1) is 14.2. The van der Waals surface area contributed by atoms with Crippen LogP contribution in [0.15, 0.2) is 5.16 Å². The number of hydrogen-bond donors (Lipinski definition) is 3. The molecule has 0 bridgehead atoms. The van der Waals surface area contributed by atoms with Gasteiger partial charge in [-0.05, 0) is 20.3 Å². The molecule has 15 heavy (non-hydrogen) atoms. The van der Waals surface area contributed by atoms with Crippen molar-refractivity contribution in [3.05, 3.63) is 0 Å². The molecular formula is C10H23N3O2. The van der Waals surface area contributed by atoms with Crippen molar-refractivity contribution in [2.24, 2.45) is 10.9 Å². The van der Waals surface area contributed by atoms with Gasteiger partial charge >= 0.3 is 0 Å². The standard InChI is InChI=1S/C10H23N3O2/c1-4-9(6-10(11)13-14)12-7-8(3)15-5-2/h8-9,12,14H,4-7H2,1-3H3,(H2,11,13). The average molecular weight is 217 g/mol. The molecule has 0 aliphatic carbocycles. The lowest BCUT2D eigenvalue weighted by Gasteiger charge is -2.19. The summed E-state index contributed by atoms with van der Waals surface area (Å²) in [5, 5.41) is 14.7. The molecule has 0 saturated heterocycles. The molecule has 2 unspecified atom stereocenters. The highest BCUT2D eigenvalue weighted by atomic mass is 16.5. The molecule has 2 atom stereocenters. The first-order valence-corrected chi connectivity index (χ1v) is 5.45. The van der Waals surface area contributed by atoms with Crippen LogP contribution in [-0.2, 0) is 4.74 Å². The molecule has 0 amide bonds. The Kier molecular flexibility index (Phi) is 8.04. The molecule has 0 aliphatic rings. The number of rotatable bonds is 8. The fourth-order valence-corrected chi connectivity index (χ4v) is 1.33. The number of hydrogen-bond acceptors (Lipinski definition) is 4. The van der Waals surface area contributed by atoms with E-state index >= 15 is 0 Å². The summed E-state index contributed by atoms with van der Waals surface area (Å²) in [6, 6.07) is 0.240. The van der Waals surface area contributed by atoms with Crippen LogP contribution < -0.4 is 11.1 Å². The van der Waals surface area contributed by atoms with Crippen LogP contribution in [0.1, 0.15) is 33.6 Å². The van der Waals surface area contributed by atoms with Gasteiger partial charge in [-0.1, -0.05) is 12.1 Å². The van der Waals surface area contributed by atoms with E-state index in [1.165, 1.54) is 0 Å². The fourth-order valence-electron chi connectivity index (χ4n) is 1.33. The maximum absolute atomic E-state index is 8.45. The number of nitrogens with zero attached hydrogens (tertiary/aromatic N) is 1. The highest BCUT2D eigenvalue weighted by Gasteiger charge is 2.10. The Hall–Kier alpha value is -0.810. The van der Waals surface area contributed by atoms with Gasteiger partial charge in [0.05, 0.1) is 6.10 Å². The largest absolute Gasteiger partial charge is 0.409 e. The van der Waals surface area contributed by atoms with Crippen molar-refractivity contribution < 1.29 is 9.94 Å². The minimum atomic E-state index is 0.191. The quantitative estimate of drug-likeness (QED) is 0.244. The zero-order valence-electron chi connectivity index (χ0n) is 9.86.